The molecule has 0 aliphatic heterocycles. The summed E-state index contributed by atoms with van der Waals surface area (Å²) in [4.78, 5) is 2.31. The maximum Gasteiger partial charge on any atom is 0.0791 e. The summed E-state index contributed by atoms with van der Waals surface area (Å²) in [6.45, 7) is 3.86. The number of hydrogen-bond donors (Lipinski definition) is 1. The van der Waals surface area contributed by atoms with Crippen LogP contribution < -0.4 is 10.6 Å². The predicted molar refractivity (Wildman–Crippen MR) is 77.4 cm³/mol. The molecule has 1 aliphatic carbocycles. The fourth-order valence-electron chi connectivity index (χ4n) is 2.28. The highest BCUT2D eigenvalue weighted by atomic mass is 15.1. The van der Waals surface area contributed by atoms with Crippen molar-refractivity contribution in [2.45, 2.75) is 32.2 Å². The van der Waals surface area contributed by atoms with Gasteiger partial charge in [-0.25, -0.2) is 0 Å². The maximum atomic E-state index is 6.20. The number of nitrogens with zero attached hydrogens (tertiary/aromatic N) is 1. The Balaban J connectivity index is 2.24. The molecule has 0 amide bonds. The minimum atomic E-state index is 0.0978. The molecule has 1 aliphatic rings. The third-order valence-corrected chi connectivity index (χ3v) is 3.57. The molecule has 0 spiro atoms. The van der Waals surface area contributed by atoms with Gasteiger partial charge in [0.25, 0.3) is 0 Å². The van der Waals surface area contributed by atoms with E-state index in [1.165, 1.54) is 24.1 Å². The Bertz CT molecular complexity index is 429. The maximum absolute atomic E-state index is 6.20. The van der Waals surface area contributed by atoms with Crippen LogP contribution in [0.3, 0.4) is 0 Å². The Hall–Kier alpha value is -1.46. The summed E-state index contributed by atoms with van der Waals surface area (Å²) in [5.74, 6) is 3.59. The van der Waals surface area contributed by atoms with Crippen molar-refractivity contribution in [2.75, 3.05) is 18.0 Å². The Morgan fingerprint density at radius 3 is 2.78 bits per heavy atom. The largest absolute Gasteiger partial charge is 0.360 e. The quantitative estimate of drug-likeness (QED) is 0.777. The number of anilines is 1. The second-order valence-electron chi connectivity index (χ2n) is 5.10. The lowest BCUT2D eigenvalue weighted by atomic mass is 10.0. The summed E-state index contributed by atoms with van der Waals surface area (Å²) in [6, 6.07) is 8.49. The molecule has 18 heavy (non-hydrogen) atoms. The first kappa shape index (κ1) is 13.0. The monoisotopic (exact) mass is 242 g/mol. The number of nitrogens with two attached hydrogens (primary N) is 1. The lowest BCUT2D eigenvalue weighted by Crippen LogP contribution is -2.28. The molecule has 1 fully saturated rings. The van der Waals surface area contributed by atoms with Gasteiger partial charge in [-0.2, -0.15) is 0 Å². The Labute approximate surface area is 110 Å². The number of benzene rings is 1. The molecule has 0 unspecified atom stereocenters. The highest BCUT2D eigenvalue weighted by Gasteiger charge is 2.25. The van der Waals surface area contributed by atoms with Crippen molar-refractivity contribution in [1.82, 2.24) is 0 Å². The van der Waals surface area contributed by atoms with Crippen LogP contribution in [0, 0.1) is 18.3 Å². The zero-order chi connectivity index (χ0) is 13.0. The lowest BCUT2D eigenvalue weighted by molar-refractivity contribution is 0.686. The van der Waals surface area contributed by atoms with Crippen LogP contribution >= 0.6 is 0 Å². The summed E-state index contributed by atoms with van der Waals surface area (Å²) in [5, 5.41) is 0. The summed E-state index contributed by atoms with van der Waals surface area (Å²) >= 11 is 0. The van der Waals surface area contributed by atoms with E-state index in [2.05, 4.69) is 42.0 Å². The smallest absolute Gasteiger partial charge is 0.0791 e. The molecule has 0 bridgehead atoms. The number of terminal acetylenes is 1. The Morgan fingerprint density at radius 2 is 2.17 bits per heavy atom. The van der Waals surface area contributed by atoms with Gasteiger partial charge in [-0.3, -0.25) is 0 Å². The van der Waals surface area contributed by atoms with Crippen LogP contribution in [0.2, 0.25) is 0 Å². The Morgan fingerprint density at radius 1 is 1.44 bits per heavy atom. The third kappa shape index (κ3) is 3.05. The van der Waals surface area contributed by atoms with Crippen LogP contribution in [-0.4, -0.2) is 13.1 Å². The molecular formula is C16H22N2. The van der Waals surface area contributed by atoms with E-state index in [4.69, 9.17) is 12.2 Å². The lowest BCUT2D eigenvalue weighted by Gasteiger charge is -2.27. The van der Waals surface area contributed by atoms with Crippen molar-refractivity contribution in [1.29, 1.82) is 0 Å². The fourth-order valence-corrected chi connectivity index (χ4v) is 2.28. The number of para-hydroxylation sites is 1. The molecule has 2 N–H and O–H groups in total. The second-order valence-corrected chi connectivity index (χ2v) is 5.10. The van der Waals surface area contributed by atoms with Crippen molar-refractivity contribution in [3.63, 3.8) is 0 Å². The van der Waals surface area contributed by atoms with E-state index in [0.29, 0.717) is 6.54 Å². The topological polar surface area (TPSA) is 29.3 Å². The van der Waals surface area contributed by atoms with Crippen molar-refractivity contribution >= 4 is 5.69 Å². The standard InChI is InChI=1S/C16H22N2/c1-3-11-18(12-13-9-10-13)16-8-6-5-7-14(16)15(17)4-2/h1,5-8,13,15H,4,9-12,17H2,2H3/t15-/m1/s1. The van der Waals surface area contributed by atoms with Crippen LogP contribution in [0.25, 0.3) is 0 Å². The second kappa shape index (κ2) is 5.93. The molecule has 0 heterocycles. The molecule has 0 aromatic heterocycles. The van der Waals surface area contributed by atoms with Gasteiger partial charge in [-0.1, -0.05) is 31.0 Å². The van der Waals surface area contributed by atoms with Gasteiger partial charge in [0, 0.05) is 18.3 Å². The fraction of sp³-hybridized carbons (Fsp3) is 0.500. The molecule has 2 nitrogen and oxygen atoms in total. The number of hydrogen-bond acceptors (Lipinski definition) is 2. The van der Waals surface area contributed by atoms with Crippen LogP contribution in [0.15, 0.2) is 24.3 Å². The molecular weight excluding hydrogens is 220 g/mol. The zero-order valence-corrected chi connectivity index (χ0v) is 11.1. The van der Waals surface area contributed by atoms with E-state index in [-0.39, 0.29) is 6.04 Å². The van der Waals surface area contributed by atoms with Crippen LogP contribution in [-0.2, 0) is 0 Å². The molecule has 2 rings (SSSR count). The number of rotatable bonds is 6. The third-order valence-electron chi connectivity index (χ3n) is 3.57. The van der Waals surface area contributed by atoms with Gasteiger partial charge in [0.15, 0.2) is 0 Å². The van der Waals surface area contributed by atoms with E-state index < -0.39 is 0 Å². The average molecular weight is 242 g/mol. The molecule has 0 radical (unpaired) electrons. The van der Waals surface area contributed by atoms with E-state index in [0.717, 1.165) is 18.9 Å². The van der Waals surface area contributed by atoms with Gasteiger partial charge in [-0.15, -0.1) is 6.42 Å². The molecule has 1 aromatic rings. The van der Waals surface area contributed by atoms with Crippen LogP contribution in [0.4, 0.5) is 5.69 Å². The first-order valence-corrected chi connectivity index (χ1v) is 6.79. The van der Waals surface area contributed by atoms with E-state index in [1.807, 2.05) is 0 Å². The first-order valence-electron chi connectivity index (χ1n) is 6.79. The molecule has 2 heteroatoms. The van der Waals surface area contributed by atoms with Crippen molar-refractivity contribution in [2.24, 2.45) is 11.7 Å². The highest BCUT2D eigenvalue weighted by molar-refractivity contribution is 5.56. The van der Waals surface area contributed by atoms with E-state index >= 15 is 0 Å². The summed E-state index contributed by atoms with van der Waals surface area (Å²) in [5.41, 5.74) is 8.63. The average Bonchev–Trinajstić information content (AvgIpc) is 3.21. The van der Waals surface area contributed by atoms with Gasteiger partial charge in [0.05, 0.1) is 6.54 Å². The minimum absolute atomic E-state index is 0.0978. The van der Waals surface area contributed by atoms with Crippen LogP contribution in [0.5, 0.6) is 0 Å². The summed E-state index contributed by atoms with van der Waals surface area (Å²) in [7, 11) is 0. The van der Waals surface area contributed by atoms with Crippen molar-refractivity contribution in [3.8, 4) is 12.3 Å². The van der Waals surface area contributed by atoms with Crippen molar-refractivity contribution < 1.29 is 0 Å². The van der Waals surface area contributed by atoms with Gasteiger partial charge in [0.1, 0.15) is 0 Å². The van der Waals surface area contributed by atoms with Gasteiger partial charge in [0.2, 0.25) is 0 Å². The SMILES string of the molecule is C#CCN(CC1CC1)c1ccccc1[C@H](N)CC. The van der Waals surface area contributed by atoms with Gasteiger partial charge < -0.3 is 10.6 Å². The highest BCUT2D eigenvalue weighted by Crippen LogP contribution is 2.33. The van der Waals surface area contributed by atoms with E-state index in [1.54, 1.807) is 0 Å². The van der Waals surface area contributed by atoms with Gasteiger partial charge >= 0.3 is 0 Å². The molecule has 1 aromatic carbocycles. The van der Waals surface area contributed by atoms with E-state index in [9.17, 15) is 0 Å². The molecule has 1 saturated carbocycles. The molecule has 96 valence electrons. The van der Waals surface area contributed by atoms with Crippen LogP contribution in [0.1, 0.15) is 37.8 Å². The molecule has 1 atom stereocenters. The summed E-state index contributed by atoms with van der Waals surface area (Å²) < 4.78 is 0. The predicted octanol–water partition coefficient (Wildman–Crippen LogP) is 2.95. The zero-order valence-electron chi connectivity index (χ0n) is 11.1. The Kier molecular flexibility index (Phi) is 4.28. The minimum Gasteiger partial charge on any atom is -0.360 e. The normalized spacial score (nSPS) is 16.1. The molecule has 0 saturated heterocycles. The van der Waals surface area contributed by atoms with Crippen molar-refractivity contribution in [3.05, 3.63) is 29.8 Å². The summed E-state index contributed by atoms with van der Waals surface area (Å²) in [6.07, 6.45) is 9.12. The first-order chi connectivity index (χ1) is 8.76. The van der Waals surface area contributed by atoms with Gasteiger partial charge in [-0.05, 0) is 36.8 Å².